The summed E-state index contributed by atoms with van der Waals surface area (Å²) in [5, 5.41) is 9.92. The minimum atomic E-state index is -5.01. The van der Waals surface area contributed by atoms with E-state index < -0.39 is 29.7 Å². The number of carbonyl (C=O) groups excluding carboxylic acids is 2. The molecule has 9 heteroatoms. The lowest BCUT2D eigenvalue weighted by atomic mass is 9.99. The summed E-state index contributed by atoms with van der Waals surface area (Å²) in [6.45, 7) is 4.68. The molecule has 1 N–H and O–H groups in total. The molecule has 1 heterocycles. The average molecular weight is 402 g/mol. The molecule has 0 bridgehead atoms. The number of halogens is 3. The summed E-state index contributed by atoms with van der Waals surface area (Å²) < 4.78 is 44.2. The highest BCUT2D eigenvalue weighted by Gasteiger charge is 2.45. The van der Waals surface area contributed by atoms with E-state index in [1.807, 2.05) is 4.90 Å². The number of hydrogen-bond acceptors (Lipinski definition) is 5. The predicted octanol–water partition coefficient (Wildman–Crippen LogP) is 2.60. The molecule has 2 rings (SSSR count). The number of likely N-dealkylation sites (tertiary alicyclic amines) is 1. The fourth-order valence-corrected chi connectivity index (χ4v) is 3.39. The first-order valence-electron chi connectivity index (χ1n) is 8.96. The van der Waals surface area contributed by atoms with Crippen LogP contribution in [0, 0.1) is 0 Å². The van der Waals surface area contributed by atoms with E-state index in [1.165, 1.54) is 31.4 Å². The average Bonchev–Trinajstić information content (AvgIpc) is 2.61. The number of alkyl halides is 3. The Morgan fingerprint density at radius 1 is 1.18 bits per heavy atom. The molecule has 28 heavy (non-hydrogen) atoms. The van der Waals surface area contributed by atoms with Crippen LogP contribution in [0.5, 0.6) is 0 Å². The predicted molar refractivity (Wildman–Crippen MR) is 97.1 cm³/mol. The molecule has 1 aromatic rings. The van der Waals surface area contributed by atoms with Crippen molar-refractivity contribution in [3.05, 3.63) is 29.8 Å². The number of esters is 1. The number of ether oxygens (including phenoxy) is 1. The Morgan fingerprint density at radius 2 is 1.71 bits per heavy atom. The molecule has 0 saturated carbocycles. The van der Waals surface area contributed by atoms with E-state index in [0.717, 1.165) is 4.90 Å². The lowest BCUT2D eigenvalue weighted by Gasteiger charge is -2.40. The zero-order valence-corrected chi connectivity index (χ0v) is 16.1. The highest BCUT2D eigenvalue weighted by molar-refractivity contribution is 5.98. The molecule has 1 aromatic carbocycles. The lowest BCUT2D eigenvalue weighted by molar-refractivity contribution is -0.171. The molecule has 0 aromatic heterocycles. The van der Waals surface area contributed by atoms with Gasteiger partial charge in [-0.2, -0.15) is 13.2 Å². The van der Waals surface area contributed by atoms with E-state index in [4.69, 9.17) is 0 Å². The lowest BCUT2D eigenvalue weighted by Crippen LogP contribution is -2.53. The minimum absolute atomic E-state index is 0.0796. The Labute approximate surface area is 161 Å². The third kappa shape index (κ3) is 5.68. The van der Waals surface area contributed by atoms with Crippen molar-refractivity contribution in [3.8, 4) is 0 Å². The molecule has 1 amide bonds. The van der Waals surface area contributed by atoms with Crippen molar-refractivity contribution in [2.75, 3.05) is 31.6 Å². The summed E-state index contributed by atoms with van der Waals surface area (Å²) in [6, 6.07) is 4.68. The molecule has 0 atom stereocenters. The molecule has 0 aliphatic carbocycles. The van der Waals surface area contributed by atoms with E-state index in [2.05, 4.69) is 4.74 Å². The summed E-state index contributed by atoms with van der Waals surface area (Å²) in [5.41, 5.74) is -0.639. The second-order valence-electron chi connectivity index (χ2n) is 7.53. The van der Waals surface area contributed by atoms with Crippen LogP contribution in [-0.4, -0.2) is 66.4 Å². The maximum atomic E-state index is 13.2. The molecule has 1 fully saturated rings. The maximum Gasteiger partial charge on any atom is 0.471 e. The number of benzene rings is 1. The number of hydrogen-bond donors (Lipinski definition) is 1. The summed E-state index contributed by atoms with van der Waals surface area (Å²) in [7, 11) is 1.21. The molecule has 0 radical (unpaired) electrons. The first-order valence-corrected chi connectivity index (χ1v) is 8.96. The summed E-state index contributed by atoms with van der Waals surface area (Å²) in [4.78, 5) is 26.4. The molecule has 1 aliphatic rings. The van der Waals surface area contributed by atoms with E-state index in [1.54, 1.807) is 13.8 Å². The van der Waals surface area contributed by atoms with Crippen LogP contribution in [0.3, 0.4) is 0 Å². The fraction of sp³-hybridized carbons (Fsp3) is 0.579. The van der Waals surface area contributed by atoms with Gasteiger partial charge in [-0.3, -0.25) is 4.79 Å². The van der Waals surface area contributed by atoms with Crippen LogP contribution < -0.4 is 4.90 Å². The Bertz CT molecular complexity index is 691. The van der Waals surface area contributed by atoms with Gasteiger partial charge in [-0.05, 0) is 51.0 Å². The van der Waals surface area contributed by atoms with Gasteiger partial charge >= 0.3 is 18.1 Å². The third-order valence-electron chi connectivity index (χ3n) is 4.56. The topological polar surface area (TPSA) is 70.1 Å². The monoisotopic (exact) mass is 402 g/mol. The number of nitrogens with zero attached hydrogens (tertiary/aromatic N) is 2. The number of β-amino-alcohol motifs (C(OH)–C–C–N with tert-alkyl or cyclic N) is 1. The van der Waals surface area contributed by atoms with Crippen LogP contribution in [0.2, 0.25) is 0 Å². The van der Waals surface area contributed by atoms with Gasteiger partial charge in [0.1, 0.15) is 0 Å². The van der Waals surface area contributed by atoms with Gasteiger partial charge in [0, 0.05) is 31.4 Å². The van der Waals surface area contributed by atoms with Crippen molar-refractivity contribution in [1.82, 2.24) is 4.90 Å². The van der Waals surface area contributed by atoms with Crippen molar-refractivity contribution in [2.24, 2.45) is 0 Å². The third-order valence-corrected chi connectivity index (χ3v) is 4.56. The van der Waals surface area contributed by atoms with Crippen LogP contribution >= 0.6 is 0 Å². The van der Waals surface area contributed by atoms with Crippen molar-refractivity contribution < 1.29 is 32.6 Å². The molecule has 6 nitrogen and oxygen atoms in total. The van der Waals surface area contributed by atoms with Gasteiger partial charge in [0.15, 0.2) is 0 Å². The first-order chi connectivity index (χ1) is 12.9. The minimum Gasteiger partial charge on any atom is -0.465 e. The van der Waals surface area contributed by atoms with Crippen LogP contribution in [0.25, 0.3) is 0 Å². The van der Waals surface area contributed by atoms with Crippen LogP contribution in [0.15, 0.2) is 24.3 Å². The number of methoxy groups -OCH3 is 1. The zero-order chi connectivity index (χ0) is 21.1. The van der Waals surface area contributed by atoms with Gasteiger partial charge in [-0.25, -0.2) is 4.79 Å². The number of carbonyl (C=O) groups is 2. The number of rotatable bonds is 5. The van der Waals surface area contributed by atoms with Crippen LogP contribution in [-0.2, 0) is 9.53 Å². The van der Waals surface area contributed by atoms with Crippen LogP contribution in [0.4, 0.5) is 18.9 Å². The summed E-state index contributed by atoms with van der Waals surface area (Å²) >= 11 is 0. The Hall–Kier alpha value is -2.13. The van der Waals surface area contributed by atoms with Gasteiger partial charge in [-0.15, -0.1) is 0 Å². The largest absolute Gasteiger partial charge is 0.471 e. The molecule has 0 unspecified atom stereocenters. The van der Waals surface area contributed by atoms with Gasteiger partial charge in [0.05, 0.1) is 18.3 Å². The van der Waals surface area contributed by atoms with Gasteiger partial charge in [0.25, 0.3) is 0 Å². The normalized spacial score (nSPS) is 16.7. The molecular weight excluding hydrogens is 377 g/mol. The summed E-state index contributed by atoms with van der Waals surface area (Å²) in [5.74, 6) is -2.54. The van der Waals surface area contributed by atoms with Crippen molar-refractivity contribution in [1.29, 1.82) is 0 Å². The van der Waals surface area contributed by atoms with Gasteiger partial charge < -0.3 is 19.6 Å². The quantitative estimate of drug-likeness (QED) is 0.767. The van der Waals surface area contributed by atoms with E-state index >= 15 is 0 Å². The second kappa shape index (κ2) is 8.48. The number of anilines is 1. The summed E-state index contributed by atoms with van der Waals surface area (Å²) in [6.07, 6.45) is -4.32. The van der Waals surface area contributed by atoms with Gasteiger partial charge in [0.2, 0.25) is 0 Å². The SMILES string of the molecule is COC(=O)c1ccc(N(C(=O)C(F)(F)F)C2CCN(CC(C)(C)O)CC2)cc1. The van der Waals surface area contributed by atoms with Crippen molar-refractivity contribution in [3.63, 3.8) is 0 Å². The highest BCUT2D eigenvalue weighted by atomic mass is 19.4. The van der Waals surface area contributed by atoms with Crippen LogP contribution in [0.1, 0.15) is 37.0 Å². The molecular formula is C19H25F3N2O4. The number of aliphatic hydroxyl groups is 1. The fourth-order valence-electron chi connectivity index (χ4n) is 3.39. The number of amides is 1. The van der Waals surface area contributed by atoms with Crippen molar-refractivity contribution >= 4 is 17.6 Å². The molecule has 1 aliphatic heterocycles. The highest BCUT2D eigenvalue weighted by Crippen LogP contribution is 2.30. The van der Waals surface area contributed by atoms with E-state index in [-0.39, 0.29) is 11.3 Å². The smallest absolute Gasteiger partial charge is 0.465 e. The Kier molecular flexibility index (Phi) is 6.71. The standard InChI is InChI=1S/C19H25F3N2O4/c1-18(2,27)12-23-10-8-15(9-11-23)24(17(26)19(20,21)22)14-6-4-13(5-7-14)16(25)28-3/h4-7,15,27H,8-12H2,1-3H3. The molecule has 156 valence electrons. The Balaban J connectivity index is 2.22. The first kappa shape index (κ1) is 22.2. The second-order valence-corrected chi connectivity index (χ2v) is 7.53. The molecule has 1 saturated heterocycles. The van der Waals surface area contributed by atoms with E-state index in [0.29, 0.717) is 32.5 Å². The van der Waals surface area contributed by atoms with E-state index in [9.17, 15) is 27.9 Å². The zero-order valence-electron chi connectivity index (χ0n) is 16.1. The number of piperidine rings is 1. The Morgan fingerprint density at radius 3 is 2.14 bits per heavy atom. The maximum absolute atomic E-state index is 13.2. The van der Waals surface area contributed by atoms with Gasteiger partial charge in [-0.1, -0.05) is 0 Å². The van der Waals surface area contributed by atoms with Crippen molar-refractivity contribution in [2.45, 2.75) is 44.5 Å². The molecule has 0 spiro atoms.